The molecule has 3 N–H and O–H groups in total. The molecule has 0 aromatic carbocycles. The molecule has 0 atom stereocenters. The lowest BCUT2D eigenvalue weighted by Gasteiger charge is -2.06. The molecule has 0 fully saturated rings. The zero-order chi connectivity index (χ0) is 14.4. The van der Waals surface area contributed by atoms with Crippen LogP contribution in [0, 0.1) is 13.8 Å². The van der Waals surface area contributed by atoms with Gasteiger partial charge in [0.25, 0.3) is 0 Å². The molecule has 7 heteroatoms. The molecular formula is C12H20N4O3. The van der Waals surface area contributed by atoms with Crippen LogP contribution in [0.4, 0.5) is 5.69 Å². The third-order valence-corrected chi connectivity index (χ3v) is 2.68. The van der Waals surface area contributed by atoms with Crippen molar-refractivity contribution in [1.82, 2.24) is 15.1 Å². The van der Waals surface area contributed by atoms with Gasteiger partial charge in [0, 0.05) is 6.54 Å². The SMILES string of the molecule is CCNC(=O)CCOC(=O)Cn1nc(C)c(N)c1C. The molecule has 0 radical (unpaired) electrons. The second kappa shape index (κ2) is 6.77. The van der Waals surface area contributed by atoms with Gasteiger partial charge in [-0.05, 0) is 20.8 Å². The Hall–Kier alpha value is -2.05. The summed E-state index contributed by atoms with van der Waals surface area (Å²) >= 11 is 0. The van der Waals surface area contributed by atoms with Gasteiger partial charge in [0.2, 0.25) is 5.91 Å². The number of hydrogen-bond acceptors (Lipinski definition) is 5. The predicted molar refractivity (Wildman–Crippen MR) is 70.4 cm³/mol. The van der Waals surface area contributed by atoms with E-state index in [1.807, 2.05) is 6.92 Å². The minimum absolute atomic E-state index is 0.000724. The van der Waals surface area contributed by atoms with Crippen LogP contribution < -0.4 is 11.1 Å². The maximum atomic E-state index is 11.6. The summed E-state index contributed by atoms with van der Waals surface area (Å²) in [4.78, 5) is 22.7. The van der Waals surface area contributed by atoms with Gasteiger partial charge < -0.3 is 15.8 Å². The molecule has 1 aromatic heterocycles. The summed E-state index contributed by atoms with van der Waals surface area (Å²) in [5.74, 6) is -0.569. The van der Waals surface area contributed by atoms with Crippen LogP contribution in [0.3, 0.4) is 0 Å². The van der Waals surface area contributed by atoms with Crippen molar-refractivity contribution in [2.45, 2.75) is 33.7 Å². The molecule has 1 amide bonds. The number of anilines is 1. The molecule has 106 valence electrons. The van der Waals surface area contributed by atoms with Crippen LogP contribution >= 0.6 is 0 Å². The average Bonchev–Trinajstić information content (AvgIpc) is 2.57. The average molecular weight is 268 g/mol. The Morgan fingerprint density at radius 1 is 1.42 bits per heavy atom. The first kappa shape index (κ1) is 15.0. The monoisotopic (exact) mass is 268 g/mol. The fourth-order valence-corrected chi connectivity index (χ4v) is 1.58. The molecule has 0 spiro atoms. The molecule has 0 unspecified atom stereocenters. The molecule has 19 heavy (non-hydrogen) atoms. The van der Waals surface area contributed by atoms with Gasteiger partial charge in [-0.3, -0.25) is 14.3 Å². The third-order valence-electron chi connectivity index (χ3n) is 2.68. The Bertz CT molecular complexity index is 468. The summed E-state index contributed by atoms with van der Waals surface area (Å²) in [6, 6.07) is 0. The molecule has 0 bridgehead atoms. The van der Waals surface area contributed by atoms with Gasteiger partial charge >= 0.3 is 5.97 Å². The summed E-state index contributed by atoms with van der Waals surface area (Å²) in [7, 11) is 0. The first-order chi connectivity index (χ1) is 8.95. The van der Waals surface area contributed by atoms with Crippen LogP contribution in [0.5, 0.6) is 0 Å². The summed E-state index contributed by atoms with van der Waals surface area (Å²) in [6.07, 6.45) is 0.166. The maximum Gasteiger partial charge on any atom is 0.327 e. The van der Waals surface area contributed by atoms with E-state index >= 15 is 0 Å². The van der Waals surface area contributed by atoms with E-state index in [9.17, 15) is 9.59 Å². The number of ether oxygens (including phenoxy) is 1. The van der Waals surface area contributed by atoms with Crippen molar-refractivity contribution in [3.05, 3.63) is 11.4 Å². The van der Waals surface area contributed by atoms with Gasteiger partial charge in [-0.25, -0.2) is 0 Å². The van der Waals surface area contributed by atoms with Crippen molar-refractivity contribution in [3.63, 3.8) is 0 Å². The van der Waals surface area contributed by atoms with Gasteiger partial charge in [-0.15, -0.1) is 0 Å². The Kier molecular flexibility index (Phi) is 5.35. The van der Waals surface area contributed by atoms with Gasteiger partial charge in [0.1, 0.15) is 13.2 Å². The van der Waals surface area contributed by atoms with Crippen LogP contribution in [0.1, 0.15) is 24.7 Å². The number of nitrogen functional groups attached to an aromatic ring is 1. The Balaban J connectivity index is 2.39. The third kappa shape index (κ3) is 4.27. The van der Waals surface area contributed by atoms with Crippen LogP contribution in [-0.2, 0) is 20.9 Å². The summed E-state index contributed by atoms with van der Waals surface area (Å²) < 4.78 is 6.46. The smallest absolute Gasteiger partial charge is 0.327 e. The highest BCUT2D eigenvalue weighted by molar-refractivity contribution is 5.76. The zero-order valence-electron chi connectivity index (χ0n) is 11.5. The molecule has 0 aliphatic rings. The highest BCUT2D eigenvalue weighted by Crippen LogP contribution is 2.14. The van der Waals surface area contributed by atoms with Gasteiger partial charge in [0.15, 0.2) is 0 Å². The van der Waals surface area contributed by atoms with E-state index < -0.39 is 5.97 Å². The van der Waals surface area contributed by atoms with Crippen LogP contribution in [-0.4, -0.2) is 34.8 Å². The molecule has 1 heterocycles. The molecule has 0 saturated carbocycles. The zero-order valence-corrected chi connectivity index (χ0v) is 11.5. The molecule has 1 rings (SSSR count). The highest BCUT2D eigenvalue weighted by Gasteiger charge is 2.12. The van der Waals surface area contributed by atoms with Crippen molar-refractivity contribution < 1.29 is 14.3 Å². The number of aromatic nitrogens is 2. The van der Waals surface area contributed by atoms with Crippen molar-refractivity contribution in [2.75, 3.05) is 18.9 Å². The van der Waals surface area contributed by atoms with Crippen molar-refractivity contribution >= 4 is 17.6 Å². The predicted octanol–water partition coefficient (Wildman–Crippen LogP) is 0.152. The number of hydrogen-bond donors (Lipinski definition) is 2. The second-order valence-electron chi connectivity index (χ2n) is 4.17. The molecular weight excluding hydrogens is 248 g/mol. The van der Waals surface area contributed by atoms with Crippen molar-refractivity contribution in [3.8, 4) is 0 Å². The topological polar surface area (TPSA) is 99.2 Å². The first-order valence-electron chi connectivity index (χ1n) is 6.17. The first-order valence-corrected chi connectivity index (χ1v) is 6.17. The number of carbonyl (C=O) groups excluding carboxylic acids is 2. The van der Waals surface area contributed by atoms with E-state index in [1.165, 1.54) is 4.68 Å². The molecule has 0 aliphatic carbocycles. The number of nitrogens with zero attached hydrogens (tertiary/aromatic N) is 2. The lowest BCUT2D eigenvalue weighted by molar-refractivity contribution is -0.145. The van der Waals surface area contributed by atoms with Gasteiger partial charge in [-0.2, -0.15) is 5.10 Å². The number of nitrogens with two attached hydrogens (primary N) is 1. The lowest BCUT2D eigenvalue weighted by Crippen LogP contribution is -2.25. The standard InChI is InChI=1S/C12H20N4O3/c1-4-14-10(17)5-6-19-11(18)7-16-9(3)12(13)8(2)15-16/h4-7,13H2,1-3H3,(H,14,17). The van der Waals surface area contributed by atoms with Gasteiger partial charge in [0.05, 0.1) is 23.5 Å². The molecule has 7 nitrogen and oxygen atoms in total. The van der Waals surface area contributed by atoms with Crippen LogP contribution in [0.25, 0.3) is 0 Å². The Labute approximate surface area is 112 Å². The van der Waals surface area contributed by atoms with Crippen LogP contribution in [0.15, 0.2) is 0 Å². The van der Waals surface area contributed by atoms with E-state index in [4.69, 9.17) is 10.5 Å². The van der Waals surface area contributed by atoms with Gasteiger partial charge in [-0.1, -0.05) is 0 Å². The largest absolute Gasteiger partial charge is 0.464 e. The molecule has 0 aliphatic heterocycles. The lowest BCUT2D eigenvalue weighted by atomic mass is 10.3. The minimum Gasteiger partial charge on any atom is -0.464 e. The number of nitrogens with one attached hydrogen (secondary N) is 1. The molecule has 1 aromatic rings. The second-order valence-corrected chi connectivity index (χ2v) is 4.17. The molecule has 0 saturated heterocycles. The Morgan fingerprint density at radius 2 is 2.11 bits per heavy atom. The van der Waals surface area contributed by atoms with E-state index in [1.54, 1.807) is 13.8 Å². The highest BCUT2D eigenvalue weighted by atomic mass is 16.5. The summed E-state index contributed by atoms with van der Waals surface area (Å²) in [5, 5.41) is 6.76. The van der Waals surface area contributed by atoms with Crippen molar-refractivity contribution in [1.29, 1.82) is 0 Å². The summed E-state index contributed by atoms with van der Waals surface area (Å²) in [5.41, 5.74) is 7.76. The fourth-order valence-electron chi connectivity index (χ4n) is 1.58. The van der Waals surface area contributed by atoms with E-state index in [0.717, 1.165) is 5.69 Å². The van der Waals surface area contributed by atoms with E-state index in [-0.39, 0.29) is 25.5 Å². The summed E-state index contributed by atoms with van der Waals surface area (Å²) in [6.45, 7) is 6.03. The number of carbonyl (C=O) groups is 2. The van der Waals surface area contributed by atoms with E-state index in [0.29, 0.717) is 17.9 Å². The minimum atomic E-state index is -0.435. The number of rotatable bonds is 6. The number of amides is 1. The maximum absolute atomic E-state index is 11.6. The number of aryl methyl sites for hydroxylation is 1. The van der Waals surface area contributed by atoms with Crippen molar-refractivity contribution in [2.24, 2.45) is 0 Å². The quantitative estimate of drug-likeness (QED) is 0.715. The normalized spacial score (nSPS) is 10.3. The van der Waals surface area contributed by atoms with E-state index in [2.05, 4.69) is 10.4 Å². The Morgan fingerprint density at radius 3 is 2.63 bits per heavy atom. The van der Waals surface area contributed by atoms with Crippen LogP contribution in [0.2, 0.25) is 0 Å². The number of esters is 1. The fraction of sp³-hybridized carbons (Fsp3) is 0.583.